The van der Waals surface area contributed by atoms with Crippen LogP contribution in [0.5, 0.6) is 0 Å². The first-order chi connectivity index (χ1) is 9.60. The van der Waals surface area contributed by atoms with E-state index in [4.69, 9.17) is 0 Å². The van der Waals surface area contributed by atoms with Gasteiger partial charge < -0.3 is 5.11 Å². The van der Waals surface area contributed by atoms with Crippen molar-refractivity contribution in [3.8, 4) is 0 Å². The molecule has 2 heterocycles. The van der Waals surface area contributed by atoms with Crippen LogP contribution in [0.15, 0.2) is 18.2 Å². The van der Waals surface area contributed by atoms with Crippen LogP contribution < -0.4 is 5.32 Å². The van der Waals surface area contributed by atoms with Gasteiger partial charge in [-0.3, -0.25) is 19.8 Å². The number of aliphatic hydroxyl groups is 1. The van der Waals surface area contributed by atoms with Crippen LogP contribution >= 0.6 is 0 Å². The standard InChI is InChI=1S/C15H18N2O3/c1-9-12-3-2-10(8-18)6-11(12)7-17(9)13-4-5-14(19)16-15(13)20/h2-3,6,9,13,18H,4-5,7-8H2,1H3,(H,16,19,20). The summed E-state index contributed by atoms with van der Waals surface area (Å²) in [5.41, 5.74) is 3.25. The molecule has 0 radical (unpaired) electrons. The number of aliphatic hydroxyl groups excluding tert-OH is 1. The summed E-state index contributed by atoms with van der Waals surface area (Å²) in [5, 5.41) is 11.6. The molecule has 0 aliphatic carbocycles. The summed E-state index contributed by atoms with van der Waals surface area (Å²) in [4.78, 5) is 25.4. The molecule has 2 N–H and O–H groups in total. The lowest BCUT2D eigenvalue weighted by Gasteiger charge is -2.32. The fourth-order valence-corrected chi connectivity index (χ4v) is 3.19. The summed E-state index contributed by atoms with van der Waals surface area (Å²) >= 11 is 0. The maximum absolute atomic E-state index is 12.0. The highest BCUT2D eigenvalue weighted by Gasteiger charge is 2.38. The van der Waals surface area contributed by atoms with E-state index in [2.05, 4.69) is 17.1 Å². The minimum Gasteiger partial charge on any atom is -0.392 e. The third-order valence-electron chi connectivity index (χ3n) is 4.30. The molecule has 20 heavy (non-hydrogen) atoms. The van der Waals surface area contributed by atoms with Crippen molar-refractivity contribution < 1.29 is 14.7 Å². The average molecular weight is 274 g/mol. The molecule has 0 saturated carbocycles. The van der Waals surface area contributed by atoms with Gasteiger partial charge in [-0.25, -0.2) is 0 Å². The molecular formula is C15H18N2O3. The van der Waals surface area contributed by atoms with Gasteiger partial charge in [0.05, 0.1) is 12.6 Å². The number of nitrogens with zero attached hydrogens (tertiary/aromatic N) is 1. The third-order valence-corrected chi connectivity index (χ3v) is 4.30. The Balaban J connectivity index is 1.84. The highest BCUT2D eigenvalue weighted by atomic mass is 16.3. The number of hydrogen-bond acceptors (Lipinski definition) is 4. The number of imide groups is 1. The quantitative estimate of drug-likeness (QED) is 0.785. The first kappa shape index (κ1) is 13.3. The van der Waals surface area contributed by atoms with Gasteiger partial charge in [0.2, 0.25) is 11.8 Å². The zero-order valence-corrected chi connectivity index (χ0v) is 11.4. The van der Waals surface area contributed by atoms with Crippen molar-refractivity contribution in [3.63, 3.8) is 0 Å². The van der Waals surface area contributed by atoms with E-state index in [0.717, 1.165) is 11.1 Å². The molecule has 1 saturated heterocycles. The highest BCUT2D eigenvalue weighted by Crippen LogP contribution is 2.36. The topological polar surface area (TPSA) is 69.6 Å². The van der Waals surface area contributed by atoms with Crippen LogP contribution in [-0.4, -0.2) is 27.9 Å². The number of rotatable bonds is 2. The Labute approximate surface area is 117 Å². The van der Waals surface area contributed by atoms with Crippen LogP contribution in [0.3, 0.4) is 0 Å². The van der Waals surface area contributed by atoms with Gasteiger partial charge in [-0.15, -0.1) is 0 Å². The van der Waals surface area contributed by atoms with Crippen molar-refractivity contribution in [1.82, 2.24) is 10.2 Å². The van der Waals surface area contributed by atoms with Crippen LogP contribution in [0.2, 0.25) is 0 Å². The van der Waals surface area contributed by atoms with Crippen LogP contribution in [0.1, 0.15) is 42.5 Å². The van der Waals surface area contributed by atoms with E-state index >= 15 is 0 Å². The monoisotopic (exact) mass is 274 g/mol. The van der Waals surface area contributed by atoms with Crippen LogP contribution in [-0.2, 0) is 22.7 Å². The van der Waals surface area contributed by atoms with E-state index in [1.165, 1.54) is 5.56 Å². The molecule has 1 aromatic carbocycles. The molecule has 3 rings (SSSR count). The molecular weight excluding hydrogens is 256 g/mol. The van der Waals surface area contributed by atoms with Gasteiger partial charge in [-0.2, -0.15) is 0 Å². The minimum atomic E-state index is -0.243. The number of carbonyl (C=O) groups excluding carboxylic acids is 2. The van der Waals surface area contributed by atoms with Gasteiger partial charge in [-0.05, 0) is 30.0 Å². The molecule has 2 aliphatic heterocycles. The molecule has 0 bridgehead atoms. The van der Waals surface area contributed by atoms with Gasteiger partial charge in [0.1, 0.15) is 0 Å². The van der Waals surface area contributed by atoms with E-state index < -0.39 is 0 Å². The fourth-order valence-electron chi connectivity index (χ4n) is 3.19. The number of piperidine rings is 1. The summed E-state index contributed by atoms with van der Waals surface area (Å²) in [6.45, 7) is 2.80. The molecule has 0 spiro atoms. The lowest BCUT2D eigenvalue weighted by atomic mass is 10.0. The van der Waals surface area contributed by atoms with Gasteiger partial charge in [0.25, 0.3) is 0 Å². The Bertz CT molecular complexity index is 570. The lowest BCUT2D eigenvalue weighted by Crippen LogP contribution is -2.51. The third kappa shape index (κ3) is 2.13. The predicted molar refractivity (Wildman–Crippen MR) is 72.5 cm³/mol. The Morgan fingerprint density at radius 3 is 2.90 bits per heavy atom. The lowest BCUT2D eigenvalue weighted by molar-refractivity contribution is -0.138. The molecule has 2 aliphatic rings. The second kappa shape index (κ2) is 5.00. The second-order valence-corrected chi connectivity index (χ2v) is 5.51. The summed E-state index contributed by atoms with van der Waals surface area (Å²) in [6, 6.07) is 5.85. The average Bonchev–Trinajstić information content (AvgIpc) is 2.75. The first-order valence-corrected chi connectivity index (χ1v) is 6.92. The molecule has 106 valence electrons. The molecule has 5 heteroatoms. The van der Waals surface area contributed by atoms with Crippen molar-refractivity contribution in [2.24, 2.45) is 0 Å². The van der Waals surface area contributed by atoms with E-state index in [0.29, 0.717) is 19.4 Å². The molecule has 2 atom stereocenters. The van der Waals surface area contributed by atoms with E-state index in [1.807, 2.05) is 18.2 Å². The first-order valence-electron chi connectivity index (χ1n) is 6.92. The SMILES string of the molecule is CC1c2ccc(CO)cc2CN1C1CCC(=O)NC1=O. The van der Waals surface area contributed by atoms with Crippen molar-refractivity contribution >= 4 is 11.8 Å². The Morgan fingerprint density at radius 2 is 2.20 bits per heavy atom. The Kier molecular flexibility index (Phi) is 3.31. The molecule has 2 amide bonds. The summed E-state index contributed by atoms with van der Waals surface area (Å²) in [7, 11) is 0. The summed E-state index contributed by atoms with van der Waals surface area (Å²) in [6.07, 6.45) is 0.980. The summed E-state index contributed by atoms with van der Waals surface area (Å²) < 4.78 is 0. The van der Waals surface area contributed by atoms with Crippen molar-refractivity contribution in [2.45, 2.75) is 45.0 Å². The van der Waals surface area contributed by atoms with Gasteiger partial charge in [0.15, 0.2) is 0 Å². The van der Waals surface area contributed by atoms with Gasteiger partial charge >= 0.3 is 0 Å². The number of amides is 2. The van der Waals surface area contributed by atoms with Gasteiger partial charge in [-0.1, -0.05) is 18.2 Å². The summed E-state index contributed by atoms with van der Waals surface area (Å²) in [5.74, 6) is -0.374. The zero-order chi connectivity index (χ0) is 14.3. The Morgan fingerprint density at radius 1 is 1.40 bits per heavy atom. The number of nitrogens with one attached hydrogen (secondary N) is 1. The number of benzene rings is 1. The molecule has 2 unspecified atom stereocenters. The van der Waals surface area contributed by atoms with Crippen LogP contribution in [0.25, 0.3) is 0 Å². The molecule has 0 aromatic heterocycles. The van der Waals surface area contributed by atoms with Crippen LogP contribution in [0.4, 0.5) is 0 Å². The molecule has 1 aromatic rings. The van der Waals surface area contributed by atoms with Crippen LogP contribution in [0, 0.1) is 0 Å². The number of carbonyl (C=O) groups is 2. The number of fused-ring (bicyclic) bond motifs is 1. The van der Waals surface area contributed by atoms with E-state index in [9.17, 15) is 14.7 Å². The van der Waals surface area contributed by atoms with E-state index in [-0.39, 0.29) is 30.5 Å². The predicted octanol–water partition coefficient (Wildman–Crippen LogP) is 0.861. The zero-order valence-electron chi connectivity index (χ0n) is 11.4. The van der Waals surface area contributed by atoms with Crippen molar-refractivity contribution in [2.75, 3.05) is 0 Å². The van der Waals surface area contributed by atoms with Crippen molar-refractivity contribution in [1.29, 1.82) is 0 Å². The second-order valence-electron chi connectivity index (χ2n) is 5.51. The Hall–Kier alpha value is -1.72. The van der Waals surface area contributed by atoms with Crippen molar-refractivity contribution in [3.05, 3.63) is 34.9 Å². The normalized spacial score (nSPS) is 26.5. The maximum atomic E-state index is 12.0. The smallest absolute Gasteiger partial charge is 0.243 e. The van der Waals surface area contributed by atoms with E-state index in [1.54, 1.807) is 0 Å². The number of hydrogen-bond donors (Lipinski definition) is 2. The maximum Gasteiger partial charge on any atom is 0.243 e. The largest absolute Gasteiger partial charge is 0.392 e. The molecule has 1 fully saturated rings. The van der Waals surface area contributed by atoms with Gasteiger partial charge in [0, 0.05) is 19.0 Å². The highest BCUT2D eigenvalue weighted by molar-refractivity contribution is 6.00. The minimum absolute atomic E-state index is 0.0279. The fraction of sp³-hybridized carbons (Fsp3) is 0.467. The molecule has 5 nitrogen and oxygen atoms in total.